The van der Waals surface area contributed by atoms with Crippen molar-refractivity contribution in [3.63, 3.8) is 0 Å². The van der Waals surface area contributed by atoms with Gasteiger partial charge < -0.3 is 14.8 Å². The molecule has 0 radical (unpaired) electrons. The normalized spacial score (nSPS) is 21.6. The van der Waals surface area contributed by atoms with Gasteiger partial charge in [0.2, 0.25) is 15.9 Å². The minimum atomic E-state index is -3.69. The minimum Gasteiger partial charge on any atom is -0.495 e. The fourth-order valence-electron chi connectivity index (χ4n) is 2.97. The van der Waals surface area contributed by atoms with Crippen molar-refractivity contribution in [1.29, 1.82) is 0 Å². The Kier molecular flexibility index (Phi) is 6.62. The highest BCUT2D eigenvalue weighted by Crippen LogP contribution is 2.28. The highest BCUT2D eigenvalue weighted by Gasteiger charge is 2.25. The number of hydrogen-bond acceptors (Lipinski definition) is 6. The maximum absolute atomic E-state index is 12.4. The number of carbonyl (C=O) groups is 1. The lowest BCUT2D eigenvalue weighted by Gasteiger charge is -2.34. The molecule has 1 N–H and O–H groups in total. The summed E-state index contributed by atoms with van der Waals surface area (Å²) in [4.78, 5) is 14.4. The van der Waals surface area contributed by atoms with Crippen molar-refractivity contribution < 1.29 is 22.7 Å². The molecule has 26 heavy (non-hydrogen) atoms. The number of carbonyl (C=O) groups excluding carboxylic acids is 1. The number of ether oxygens (including phenoxy) is 2. The largest absolute Gasteiger partial charge is 0.495 e. The van der Waals surface area contributed by atoms with E-state index in [0.717, 1.165) is 4.31 Å². The number of methoxy groups -OCH3 is 1. The summed E-state index contributed by atoms with van der Waals surface area (Å²) < 4.78 is 36.8. The first-order valence-electron chi connectivity index (χ1n) is 8.41. The number of morpholine rings is 1. The molecule has 0 saturated carbocycles. The fraction of sp³-hybridized carbons (Fsp3) is 0.588. The van der Waals surface area contributed by atoms with Gasteiger partial charge in [-0.1, -0.05) is 0 Å². The zero-order valence-corrected chi connectivity index (χ0v) is 16.7. The minimum absolute atomic E-state index is 0.0106. The van der Waals surface area contributed by atoms with E-state index in [2.05, 4.69) is 5.32 Å². The molecule has 146 valence electrons. The summed E-state index contributed by atoms with van der Waals surface area (Å²) in [6.45, 7) is 5.53. The maximum atomic E-state index is 12.4. The summed E-state index contributed by atoms with van der Waals surface area (Å²) in [5, 5.41) is 2.76. The van der Waals surface area contributed by atoms with Crippen LogP contribution in [0.15, 0.2) is 23.1 Å². The number of benzene rings is 1. The Hall–Kier alpha value is -1.68. The van der Waals surface area contributed by atoms with Crippen molar-refractivity contribution in [2.75, 3.05) is 46.2 Å². The Morgan fingerprint density at radius 1 is 1.31 bits per heavy atom. The van der Waals surface area contributed by atoms with Gasteiger partial charge in [0.15, 0.2) is 0 Å². The average molecular weight is 385 g/mol. The number of anilines is 1. The van der Waals surface area contributed by atoms with E-state index in [4.69, 9.17) is 9.47 Å². The van der Waals surface area contributed by atoms with Crippen molar-refractivity contribution in [1.82, 2.24) is 9.21 Å². The monoisotopic (exact) mass is 385 g/mol. The van der Waals surface area contributed by atoms with Crippen molar-refractivity contribution in [3.05, 3.63) is 18.2 Å². The van der Waals surface area contributed by atoms with Crippen molar-refractivity contribution in [3.8, 4) is 5.75 Å². The van der Waals surface area contributed by atoms with Crippen LogP contribution in [0.4, 0.5) is 5.69 Å². The SMILES string of the molecule is COc1ccc(NC(=O)CN2C[C@H](C)O[C@@H](C)C2)cc1S(=O)(=O)N(C)C. The van der Waals surface area contributed by atoms with E-state index in [9.17, 15) is 13.2 Å². The molecule has 2 rings (SSSR count). The Labute approximate surface area is 155 Å². The predicted molar refractivity (Wildman–Crippen MR) is 98.9 cm³/mol. The smallest absolute Gasteiger partial charge is 0.246 e. The lowest BCUT2D eigenvalue weighted by Crippen LogP contribution is -2.48. The molecule has 1 heterocycles. The molecular formula is C17H27N3O5S. The maximum Gasteiger partial charge on any atom is 0.246 e. The van der Waals surface area contributed by atoms with Crippen LogP contribution >= 0.6 is 0 Å². The van der Waals surface area contributed by atoms with Gasteiger partial charge in [-0.25, -0.2) is 12.7 Å². The van der Waals surface area contributed by atoms with Crippen LogP contribution in [0.2, 0.25) is 0 Å². The van der Waals surface area contributed by atoms with Gasteiger partial charge in [0, 0.05) is 32.9 Å². The number of hydrogen-bond donors (Lipinski definition) is 1. The quantitative estimate of drug-likeness (QED) is 0.786. The van der Waals surface area contributed by atoms with E-state index >= 15 is 0 Å². The van der Waals surface area contributed by atoms with Crippen molar-refractivity contribution in [2.45, 2.75) is 31.0 Å². The van der Waals surface area contributed by atoms with Gasteiger partial charge in [-0.15, -0.1) is 0 Å². The van der Waals surface area contributed by atoms with Gasteiger partial charge in [0.25, 0.3) is 0 Å². The molecule has 1 aromatic rings. The van der Waals surface area contributed by atoms with E-state index in [0.29, 0.717) is 18.8 Å². The molecule has 0 aliphatic carbocycles. The molecule has 1 saturated heterocycles. The zero-order valence-electron chi connectivity index (χ0n) is 15.9. The first kappa shape index (κ1) is 20.6. The van der Waals surface area contributed by atoms with Crippen LogP contribution in [-0.2, 0) is 19.6 Å². The number of nitrogens with one attached hydrogen (secondary N) is 1. The van der Waals surface area contributed by atoms with Crippen LogP contribution in [0.3, 0.4) is 0 Å². The van der Waals surface area contributed by atoms with E-state index < -0.39 is 10.0 Å². The number of amides is 1. The molecule has 8 nitrogen and oxygen atoms in total. The highest BCUT2D eigenvalue weighted by molar-refractivity contribution is 7.89. The van der Waals surface area contributed by atoms with Gasteiger partial charge in [0.05, 0.1) is 25.9 Å². The zero-order chi connectivity index (χ0) is 19.5. The number of sulfonamides is 1. The first-order valence-corrected chi connectivity index (χ1v) is 9.85. The van der Waals surface area contributed by atoms with Crippen LogP contribution in [0, 0.1) is 0 Å². The highest BCUT2D eigenvalue weighted by atomic mass is 32.2. The Morgan fingerprint density at radius 2 is 1.92 bits per heavy atom. The summed E-state index contributed by atoms with van der Waals surface area (Å²) >= 11 is 0. The molecule has 0 unspecified atom stereocenters. The average Bonchev–Trinajstić information content (AvgIpc) is 2.53. The summed E-state index contributed by atoms with van der Waals surface area (Å²) in [6.07, 6.45) is 0.147. The molecule has 0 spiro atoms. The Balaban J connectivity index is 2.13. The molecule has 2 atom stereocenters. The second-order valence-electron chi connectivity index (χ2n) is 6.65. The molecule has 0 bridgehead atoms. The van der Waals surface area contributed by atoms with E-state index in [1.165, 1.54) is 33.3 Å². The third-order valence-electron chi connectivity index (χ3n) is 4.07. The molecular weight excluding hydrogens is 358 g/mol. The summed E-state index contributed by atoms with van der Waals surface area (Å²) in [7, 11) is 0.607. The third kappa shape index (κ3) is 4.94. The van der Waals surface area contributed by atoms with Gasteiger partial charge in [-0.2, -0.15) is 0 Å². The lowest BCUT2D eigenvalue weighted by molar-refractivity contribution is -0.121. The van der Waals surface area contributed by atoms with Gasteiger partial charge >= 0.3 is 0 Å². The Bertz CT molecular complexity index is 741. The number of nitrogens with zero attached hydrogens (tertiary/aromatic N) is 2. The van der Waals surface area contributed by atoms with Gasteiger partial charge in [0.1, 0.15) is 10.6 Å². The van der Waals surface area contributed by atoms with Crippen LogP contribution in [0.25, 0.3) is 0 Å². The Morgan fingerprint density at radius 3 is 2.46 bits per heavy atom. The summed E-state index contributed by atoms with van der Waals surface area (Å²) in [6, 6.07) is 4.57. The molecule has 9 heteroatoms. The topological polar surface area (TPSA) is 88.2 Å². The van der Waals surface area contributed by atoms with Crippen LogP contribution in [0.5, 0.6) is 5.75 Å². The molecule has 0 aromatic heterocycles. The van der Waals surface area contributed by atoms with E-state index in [1.54, 1.807) is 6.07 Å². The number of rotatable bonds is 6. The van der Waals surface area contributed by atoms with E-state index in [1.807, 2.05) is 18.7 Å². The molecule has 1 amide bonds. The van der Waals surface area contributed by atoms with Gasteiger partial charge in [-0.05, 0) is 32.0 Å². The second-order valence-corrected chi connectivity index (χ2v) is 8.77. The predicted octanol–water partition coefficient (Wildman–Crippen LogP) is 0.993. The first-order chi connectivity index (χ1) is 12.1. The van der Waals surface area contributed by atoms with Gasteiger partial charge in [-0.3, -0.25) is 9.69 Å². The second kappa shape index (κ2) is 8.34. The van der Waals surface area contributed by atoms with Crippen molar-refractivity contribution >= 4 is 21.6 Å². The lowest BCUT2D eigenvalue weighted by atomic mass is 10.2. The molecule has 1 aliphatic heterocycles. The summed E-state index contributed by atoms with van der Waals surface area (Å²) in [5.74, 6) is 0.0252. The molecule has 1 fully saturated rings. The third-order valence-corrected chi connectivity index (χ3v) is 5.90. The van der Waals surface area contributed by atoms with Crippen molar-refractivity contribution in [2.24, 2.45) is 0 Å². The fourth-order valence-corrected chi connectivity index (χ4v) is 4.04. The molecule has 1 aromatic carbocycles. The van der Waals surface area contributed by atoms with E-state index in [-0.39, 0.29) is 35.3 Å². The van der Waals surface area contributed by atoms with Crippen LogP contribution < -0.4 is 10.1 Å². The summed E-state index contributed by atoms with van der Waals surface area (Å²) in [5.41, 5.74) is 0.408. The van der Waals surface area contributed by atoms with Crippen LogP contribution in [-0.4, -0.2) is 76.6 Å². The molecule has 1 aliphatic rings. The standard InChI is InChI=1S/C17H27N3O5S/c1-12-9-20(10-13(2)25-12)11-17(21)18-14-6-7-15(24-5)16(8-14)26(22,23)19(3)4/h6-8,12-13H,9-11H2,1-5H3,(H,18,21)/t12-,13-/m0/s1. The van der Waals surface area contributed by atoms with Crippen LogP contribution in [0.1, 0.15) is 13.8 Å².